The van der Waals surface area contributed by atoms with E-state index in [-0.39, 0.29) is 30.2 Å². The molecule has 0 N–H and O–H groups in total. The van der Waals surface area contributed by atoms with Crippen molar-refractivity contribution in [2.75, 3.05) is 20.1 Å². The molecule has 4 nitrogen and oxygen atoms in total. The van der Waals surface area contributed by atoms with Crippen LogP contribution in [0.1, 0.15) is 37.3 Å². The second-order valence-electron chi connectivity index (χ2n) is 8.53. The maximum atomic E-state index is 14.3. The van der Waals surface area contributed by atoms with E-state index >= 15 is 0 Å². The first kappa shape index (κ1) is 25.5. The Hall–Kier alpha value is -3.16. The summed E-state index contributed by atoms with van der Waals surface area (Å²) in [6.07, 6.45) is 4.54. The van der Waals surface area contributed by atoms with Gasteiger partial charge in [0.2, 0.25) is 11.8 Å². The summed E-state index contributed by atoms with van der Waals surface area (Å²) in [7, 11) is 1.69. The fraction of sp³-hybridized carbons (Fsp3) is 0.385. The number of piperidine rings is 1. The van der Waals surface area contributed by atoms with Crippen molar-refractivity contribution in [2.24, 2.45) is 5.92 Å². The highest BCUT2D eigenvalue weighted by atomic mass is 19.2. The van der Waals surface area contributed by atoms with Gasteiger partial charge in [0, 0.05) is 44.7 Å². The highest BCUT2D eigenvalue weighted by Crippen LogP contribution is 2.28. The molecule has 1 atom stereocenters. The number of carbonyl (C=O) groups is 2. The minimum absolute atomic E-state index is 0.0316. The highest BCUT2D eigenvalue weighted by Gasteiger charge is 2.32. The number of likely N-dealkylation sites (tertiary alicyclic amines) is 1. The third kappa shape index (κ3) is 6.24. The molecule has 0 spiro atoms. The minimum Gasteiger partial charge on any atom is -0.342 e. The Balaban J connectivity index is 1.67. The van der Waals surface area contributed by atoms with Gasteiger partial charge in [0.1, 0.15) is 11.6 Å². The van der Waals surface area contributed by atoms with Crippen molar-refractivity contribution in [1.29, 1.82) is 0 Å². The molecule has 0 saturated carbocycles. The SMILES string of the molecule is CCC(=O)N(C)C(Cc1ccc(F)cc1F)C1CCN(C(=O)C=Cc2ccc(F)c(F)c2)CC1. The lowest BCUT2D eigenvalue weighted by Crippen LogP contribution is -2.48. The number of benzene rings is 2. The van der Waals surface area contributed by atoms with Crippen LogP contribution in [0.2, 0.25) is 0 Å². The van der Waals surface area contributed by atoms with Crippen molar-refractivity contribution in [2.45, 2.75) is 38.6 Å². The molecular weight excluding hydrogens is 448 g/mol. The normalized spacial score (nSPS) is 15.5. The number of halogens is 4. The molecule has 1 saturated heterocycles. The Kier molecular flexibility index (Phi) is 8.47. The maximum absolute atomic E-state index is 14.3. The Morgan fingerprint density at radius 1 is 1.03 bits per heavy atom. The van der Waals surface area contributed by atoms with Gasteiger partial charge in [0.05, 0.1) is 0 Å². The molecule has 0 aliphatic carbocycles. The number of rotatable bonds is 7. The smallest absolute Gasteiger partial charge is 0.246 e. The van der Waals surface area contributed by atoms with E-state index in [4.69, 9.17) is 0 Å². The number of amides is 2. The van der Waals surface area contributed by atoms with Crippen molar-refractivity contribution in [3.63, 3.8) is 0 Å². The Labute approximate surface area is 196 Å². The average molecular weight is 477 g/mol. The maximum Gasteiger partial charge on any atom is 0.246 e. The Morgan fingerprint density at radius 2 is 1.74 bits per heavy atom. The average Bonchev–Trinajstić information content (AvgIpc) is 2.83. The van der Waals surface area contributed by atoms with Gasteiger partial charge in [-0.05, 0) is 60.6 Å². The van der Waals surface area contributed by atoms with E-state index in [0.29, 0.717) is 43.5 Å². The van der Waals surface area contributed by atoms with Crippen LogP contribution in [0.4, 0.5) is 17.6 Å². The van der Waals surface area contributed by atoms with Crippen LogP contribution in [0.5, 0.6) is 0 Å². The van der Waals surface area contributed by atoms with Gasteiger partial charge in [-0.2, -0.15) is 0 Å². The molecule has 0 radical (unpaired) electrons. The molecule has 34 heavy (non-hydrogen) atoms. The quantitative estimate of drug-likeness (QED) is 0.418. The lowest BCUT2D eigenvalue weighted by atomic mass is 9.84. The van der Waals surface area contributed by atoms with Crippen LogP contribution < -0.4 is 0 Å². The molecule has 1 aliphatic heterocycles. The minimum atomic E-state index is -0.982. The van der Waals surface area contributed by atoms with Gasteiger partial charge in [0.15, 0.2) is 11.6 Å². The third-order valence-electron chi connectivity index (χ3n) is 6.39. The van der Waals surface area contributed by atoms with Gasteiger partial charge in [-0.25, -0.2) is 17.6 Å². The lowest BCUT2D eigenvalue weighted by molar-refractivity contribution is -0.134. The molecule has 1 fully saturated rings. The van der Waals surface area contributed by atoms with Crippen LogP contribution in [-0.4, -0.2) is 47.8 Å². The molecule has 182 valence electrons. The van der Waals surface area contributed by atoms with E-state index in [1.54, 1.807) is 23.8 Å². The van der Waals surface area contributed by atoms with Gasteiger partial charge in [0.25, 0.3) is 0 Å². The molecular formula is C26H28F4N2O2. The molecule has 8 heteroatoms. The summed E-state index contributed by atoms with van der Waals surface area (Å²) < 4.78 is 54.1. The van der Waals surface area contributed by atoms with Crippen LogP contribution in [0, 0.1) is 29.2 Å². The van der Waals surface area contributed by atoms with Crippen molar-refractivity contribution >= 4 is 17.9 Å². The number of carbonyl (C=O) groups excluding carboxylic acids is 2. The zero-order valence-electron chi connectivity index (χ0n) is 19.2. The van der Waals surface area contributed by atoms with E-state index < -0.39 is 23.3 Å². The van der Waals surface area contributed by atoms with Gasteiger partial charge in [-0.3, -0.25) is 9.59 Å². The predicted octanol–water partition coefficient (Wildman–Crippen LogP) is 4.97. The van der Waals surface area contributed by atoms with Crippen LogP contribution in [0.25, 0.3) is 6.08 Å². The van der Waals surface area contributed by atoms with Crippen molar-refractivity contribution in [1.82, 2.24) is 9.80 Å². The number of hydrogen-bond donors (Lipinski definition) is 0. The first-order chi connectivity index (χ1) is 16.2. The first-order valence-corrected chi connectivity index (χ1v) is 11.3. The second-order valence-corrected chi connectivity index (χ2v) is 8.53. The molecule has 3 rings (SSSR count). The van der Waals surface area contributed by atoms with E-state index in [9.17, 15) is 27.2 Å². The summed E-state index contributed by atoms with van der Waals surface area (Å²) in [5.41, 5.74) is 0.721. The molecule has 2 aromatic rings. The monoisotopic (exact) mass is 476 g/mol. The van der Waals surface area contributed by atoms with Crippen LogP contribution in [0.15, 0.2) is 42.5 Å². The summed E-state index contributed by atoms with van der Waals surface area (Å²) in [5, 5.41) is 0. The topological polar surface area (TPSA) is 40.6 Å². The summed E-state index contributed by atoms with van der Waals surface area (Å²) in [6, 6.07) is 6.57. The van der Waals surface area contributed by atoms with Crippen molar-refractivity contribution in [3.8, 4) is 0 Å². The highest BCUT2D eigenvalue weighted by molar-refractivity contribution is 5.91. The largest absolute Gasteiger partial charge is 0.342 e. The molecule has 0 aromatic heterocycles. The van der Waals surface area contributed by atoms with E-state index in [2.05, 4.69) is 0 Å². The molecule has 1 aliphatic rings. The van der Waals surface area contributed by atoms with E-state index in [1.807, 2.05) is 0 Å². The van der Waals surface area contributed by atoms with Crippen LogP contribution >= 0.6 is 0 Å². The zero-order chi connectivity index (χ0) is 24.8. The van der Waals surface area contributed by atoms with Gasteiger partial charge >= 0.3 is 0 Å². The molecule has 1 heterocycles. The fourth-order valence-electron chi connectivity index (χ4n) is 4.36. The Morgan fingerprint density at radius 3 is 2.35 bits per heavy atom. The summed E-state index contributed by atoms with van der Waals surface area (Å²) in [5.74, 6) is -3.51. The summed E-state index contributed by atoms with van der Waals surface area (Å²) in [4.78, 5) is 28.3. The van der Waals surface area contributed by atoms with Crippen LogP contribution in [0.3, 0.4) is 0 Å². The summed E-state index contributed by atoms with van der Waals surface area (Å²) >= 11 is 0. The number of hydrogen-bond acceptors (Lipinski definition) is 2. The Bertz CT molecular complexity index is 1060. The first-order valence-electron chi connectivity index (χ1n) is 11.3. The molecule has 0 bridgehead atoms. The van der Waals surface area contributed by atoms with Gasteiger partial charge in [-0.15, -0.1) is 0 Å². The second kappa shape index (κ2) is 11.3. The standard InChI is InChI=1S/C26H28F4N2O2/c1-3-25(33)31(2)24(15-19-6-7-20(27)16-22(19)29)18-10-12-32(13-11-18)26(34)9-5-17-4-8-21(28)23(30)14-17/h4-9,14,16,18,24H,3,10-13,15H2,1-2H3. The molecule has 1 unspecified atom stereocenters. The van der Waals surface area contributed by atoms with Gasteiger partial charge in [-0.1, -0.05) is 19.1 Å². The number of likely N-dealkylation sites (N-methyl/N-ethyl adjacent to an activating group) is 1. The zero-order valence-corrected chi connectivity index (χ0v) is 19.2. The molecule has 2 amide bonds. The molecule has 2 aromatic carbocycles. The van der Waals surface area contributed by atoms with Crippen molar-refractivity contribution < 1.29 is 27.2 Å². The predicted molar refractivity (Wildman–Crippen MR) is 122 cm³/mol. The van der Waals surface area contributed by atoms with Gasteiger partial charge < -0.3 is 9.80 Å². The van der Waals surface area contributed by atoms with Crippen LogP contribution in [-0.2, 0) is 16.0 Å². The van der Waals surface area contributed by atoms with E-state index in [0.717, 1.165) is 18.2 Å². The van der Waals surface area contributed by atoms with E-state index in [1.165, 1.54) is 30.4 Å². The van der Waals surface area contributed by atoms with Crippen molar-refractivity contribution in [3.05, 3.63) is 76.9 Å². The lowest BCUT2D eigenvalue weighted by Gasteiger charge is -2.40. The number of nitrogens with zero attached hydrogens (tertiary/aromatic N) is 2. The fourth-order valence-corrected chi connectivity index (χ4v) is 4.36. The third-order valence-corrected chi connectivity index (χ3v) is 6.39. The summed E-state index contributed by atoms with van der Waals surface area (Å²) in [6.45, 7) is 2.65.